The number of morpholine rings is 1. The average molecular weight is 389 g/mol. The minimum Gasteiger partial charge on any atom is -0.490 e. The molecule has 1 saturated heterocycles. The van der Waals surface area contributed by atoms with Gasteiger partial charge in [-0.3, -0.25) is 4.90 Å². The van der Waals surface area contributed by atoms with Gasteiger partial charge in [0.05, 0.1) is 32.5 Å². The van der Waals surface area contributed by atoms with E-state index in [-0.39, 0.29) is 6.04 Å². The van der Waals surface area contributed by atoms with Crippen LogP contribution < -0.4 is 14.8 Å². The van der Waals surface area contributed by atoms with Gasteiger partial charge in [0, 0.05) is 26.2 Å². The maximum absolute atomic E-state index is 5.94. The summed E-state index contributed by atoms with van der Waals surface area (Å²) in [5.41, 5.74) is 1.17. The van der Waals surface area contributed by atoms with E-state index in [4.69, 9.17) is 18.6 Å². The van der Waals surface area contributed by atoms with Crippen molar-refractivity contribution < 1.29 is 18.6 Å². The number of nitrogens with one attached hydrogen (secondary N) is 1. The molecule has 1 N–H and O–H groups in total. The van der Waals surface area contributed by atoms with Crippen molar-refractivity contribution in [2.45, 2.75) is 33.4 Å². The van der Waals surface area contributed by atoms with Gasteiger partial charge in [-0.1, -0.05) is 6.07 Å². The Morgan fingerprint density at radius 2 is 1.79 bits per heavy atom. The highest BCUT2D eigenvalue weighted by Gasteiger charge is 2.24. The lowest BCUT2D eigenvalue weighted by atomic mass is 10.1. The summed E-state index contributed by atoms with van der Waals surface area (Å²) in [6.07, 6.45) is 0. The largest absolute Gasteiger partial charge is 0.490 e. The average Bonchev–Trinajstić information content (AvgIpc) is 3.14. The zero-order valence-corrected chi connectivity index (χ0v) is 17.2. The number of furan rings is 1. The Hall–Kier alpha value is -2.02. The molecule has 1 aromatic heterocycles. The molecule has 0 spiro atoms. The fourth-order valence-corrected chi connectivity index (χ4v) is 3.49. The molecule has 0 bridgehead atoms. The molecule has 1 atom stereocenters. The summed E-state index contributed by atoms with van der Waals surface area (Å²) < 4.78 is 22.8. The van der Waals surface area contributed by atoms with Gasteiger partial charge in [-0.25, -0.2) is 0 Å². The molecule has 0 aliphatic carbocycles. The van der Waals surface area contributed by atoms with Crippen LogP contribution in [0.5, 0.6) is 11.5 Å². The van der Waals surface area contributed by atoms with E-state index in [1.54, 1.807) is 0 Å². The zero-order chi connectivity index (χ0) is 19.8. The van der Waals surface area contributed by atoms with Crippen LogP contribution in [-0.2, 0) is 11.3 Å². The van der Waals surface area contributed by atoms with Crippen LogP contribution in [0, 0.1) is 6.92 Å². The molecule has 0 saturated carbocycles. The second kappa shape index (κ2) is 10.5. The molecule has 28 heavy (non-hydrogen) atoms. The van der Waals surface area contributed by atoms with Crippen LogP contribution in [0.3, 0.4) is 0 Å². The molecule has 2 aromatic rings. The fraction of sp³-hybridized carbons (Fsp3) is 0.545. The maximum Gasteiger partial charge on any atom is 0.161 e. The number of hydrogen-bond acceptors (Lipinski definition) is 6. The molecule has 1 aliphatic rings. The smallest absolute Gasteiger partial charge is 0.161 e. The van der Waals surface area contributed by atoms with Gasteiger partial charge < -0.3 is 23.9 Å². The zero-order valence-electron chi connectivity index (χ0n) is 17.2. The highest BCUT2D eigenvalue weighted by atomic mass is 16.5. The van der Waals surface area contributed by atoms with Gasteiger partial charge in [0.15, 0.2) is 11.5 Å². The number of hydrogen-bond donors (Lipinski definition) is 1. The fourth-order valence-electron chi connectivity index (χ4n) is 3.49. The maximum atomic E-state index is 5.94. The Kier molecular flexibility index (Phi) is 7.77. The van der Waals surface area contributed by atoms with E-state index < -0.39 is 0 Å². The number of rotatable bonds is 10. The van der Waals surface area contributed by atoms with Crippen molar-refractivity contribution in [3.63, 3.8) is 0 Å². The Bertz CT molecular complexity index is 725. The van der Waals surface area contributed by atoms with Crippen molar-refractivity contribution in [3.8, 4) is 11.5 Å². The summed E-state index contributed by atoms with van der Waals surface area (Å²) >= 11 is 0. The van der Waals surface area contributed by atoms with Crippen molar-refractivity contribution in [2.75, 3.05) is 46.1 Å². The summed E-state index contributed by atoms with van der Waals surface area (Å²) in [6, 6.07) is 10.4. The SMILES string of the molecule is CCOc1ccc(CNCC(c2ccc(C)o2)N2CCOCC2)cc1OCC. The lowest BCUT2D eigenvalue weighted by Crippen LogP contribution is -2.42. The minimum atomic E-state index is 0.201. The first-order valence-corrected chi connectivity index (χ1v) is 10.2. The number of aryl methyl sites for hydroxylation is 1. The molecular weight excluding hydrogens is 356 g/mol. The van der Waals surface area contributed by atoms with Crippen LogP contribution in [0.25, 0.3) is 0 Å². The Balaban J connectivity index is 1.64. The van der Waals surface area contributed by atoms with Crippen molar-refractivity contribution in [1.29, 1.82) is 0 Å². The second-order valence-electron chi connectivity index (χ2n) is 6.89. The normalized spacial score (nSPS) is 16.1. The molecule has 1 aliphatic heterocycles. The molecule has 3 rings (SSSR count). The first-order chi connectivity index (χ1) is 13.7. The highest BCUT2D eigenvalue weighted by Crippen LogP contribution is 2.29. The first-order valence-electron chi connectivity index (χ1n) is 10.2. The summed E-state index contributed by atoms with van der Waals surface area (Å²) in [7, 11) is 0. The van der Waals surface area contributed by atoms with Gasteiger partial charge in [0.25, 0.3) is 0 Å². The van der Waals surface area contributed by atoms with Gasteiger partial charge in [0.2, 0.25) is 0 Å². The van der Waals surface area contributed by atoms with Crippen molar-refractivity contribution in [2.24, 2.45) is 0 Å². The third-order valence-electron chi connectivity index (χ3n) is 4.85. The quantitative estimate of drug-likeness (QED) is 0.672. The molecule has 6 heteroatoms. The number of benzene rings is 1. The summed E-state index contributed by atoms with van der Waals surface area (Å²) in [6.45, 7) is 12.1. The van der Waals surface area contributed by atoms with Crippen molar-refractivity contribution >= 4 is 0 Å². The first kappa shape index (κ1) is 20.7. The number of ether oxygens (including phenoxy) is 3. The highest BCUT2D eigenvalue weighted by molar-refractivity contribution is 5.43. The molecule has 0 amide bonds. The standard InChI is InChI=1S/C22H32N2O4/c1-4-26-21-9-7-18(14-22(21)27-5-2)15-23-16-19(20-8-6-17(3)28-20)24-10-12-25-13-11-24/h6-9,14,19,23H,4-5,10-13,15-16H2,1-3H3. The van der Waals surface area contributed by atoms with E-state index >= 15 is 0 Å². The molecule has 1 aromatic carbocycles. The van der Waals surface area contributed by atoms with Crippen LogP contribution >= 0.6 is 0 Å². The molecular formula is C22H32N2O4. The van der Waals surface area contributed by atoms with Crippen molar-refractivity contribution in [3.05, 3.63) is 47.4 Å². The summed E-state index contributed by atoms with van der Waals surface area (Å²) in [4.78, 5) is 2.43. The molecule has 154 valence electrons. The van der Waals surface area contributed by atoms with Gasteiger partial charge in [-0.15, -0.1) is 0 Å². The Morgan fingerprint density at radius 1 is 1.04 bits per heavy atom. The number of nitrogens with zero attached hydrogens (tertiary/aromatic N) is 1. The van der Waals surface area contributed by atoms with Crippen LogP contribution in [0.1, 0.15) is 37.0 Å². The van der Waals surface area contributed by atoms with Crippen molar-refractivity contribution in [1.82, 2.24) is 10.2 Å². The van der Waals surface area contributed by atoms with Crippen LogP contribution in [-0.4, -0.2) is 51.0 Å². The molecule has 1 unspecified atom stereocenters. The lowest BCUT2D eigenvalue weighted by molar-refractivity contribution is 0.0115. The van der Waals surface area contributed by atoms with E-state index in [1.807, 2.05) is 32.9 Å². The monoisotopic (exact) mass is 388 g/mol. The summed E-state index contributed by atoms with van der Waals surface area (Å²) in [5, 5.41) is 3.59. The topological polar surface area (TPSA) is 56.1 Å². The van der Waals surface area contributed by atoms with Crippen LogP contribution in [0.2, 0.25) is 0 Å². The van der Waals surface area contributed by atoms with Crippen LogP contribution in [0.15, 0.2) is 34.7 Å². The van der Waals surface area contributed by atoms with E-state index in [9.17, 15) is 0 Å². The predicted molar refractivity (Wildman–Crippen MR) is 109 cm³/mol. The third kappa shape index (κ3) is 5.50. The van der Waals surface area contributed by atoms with E-state index in [2.05, 4.69) is 28.4 Å². The minimum absolute atomic E-state index is 0.201. The molecule has 6 nitrogen and oxygen atoms in total. The van der Waals surface area contributed by atoms with Gasteiger partial charge in [-0.05, 0) is 50.6 Å². The van der Waals surface area contributed by atoms with Gasteiger partial charge in [0.1, 0.15) is 11.5 Å². The molecule has 1 fully saturated rings. The van der Waals surface area contributed by atoms with E-state index in [0.717, 1.165) is 62.4 Å². The molecule has 2 heterocycles. The molecule has 0 radical (unpaired) electrons. The van der Waals surface area contributed by atoms with E-state index in [0.29, 0.717) is 13.2 Å². The second-order valence-corrected chi connectivity index (χ2v) is 6.89. The van der Waals surface area contributed by atoms with Gasteiger partial charge >= 0.3 is 0 Å². The summed E-state index contributed by atoms with van der Waals surface area (Å²) in [5.74, 6) is 3.55. The lowest BCUT2D eigenvalue weighted by Gasteiger charge is -2.33. The van der Waals surface area contributed by atoms with E-state index in [1.165, 1.54) is 5.56 Å². The van der Waals surface area contributed by atoms with Gasteiger partial charge in [-0.2, -0.15) is 0 Å². The Labute approximate surface area is 167 Å². The Morgan fingerprint density at radius 3 is 2.46 bits per heavy atom. The predicted octanol–water partition coefficient (Wildman–Crippen LogP) is 3.55. The van der Waals surface area contributed by atoms with Crippen LogP contribution in [0.4, 0.5) is 0 Å². The third-order valence-corrected chi connectivity index (χ3v) is 4.85.